The van der Waals surface area contributed by atoms with Crippen molar-refractivity contribution in [2.75, 3.05) is 13.6 Å². The topological polar surface area (TPSA) is 76.3 Å². The summed E-state index contributed by atoms with van der Waals surface area (Å²) < 4.78 is 13.6. The van der Waals surface area contributed by atoms with Gasteiger partial charge in [0, 0.05) is 24.7 Å². The highest BCUT2D eigenvalue weighted by Gasteiger charge is 2.27. The minimum Gasteiger partial charge on any atom is -0.364 e. The van der Waals surface area contributed by atoms with Gasteiger partial charge in [0.1, 0.15) is 5.92 Å². The minimum absolute atomic E-state index is 0.0370. The lowest BCUT2D eigenvalue weighted by atomic mass is 10.1. The summed E-state index contributed by atoms with van der Waals surface area (Å²) in [4.78, 5) is 28.8. The first-order chi connectivity index (χ1) is 13.0. The largest absolute Gasteiger partial charge is 0.364 e. The molecule has 0 saturated carbocycles. The van der Waals surface area contributed by atoms with Gasteiger partial charge >= 0.3 is 0 Å². The highest BCUT2D eigenvalue weighted by molar-refractivity contribution is 5.91. The number of carbonyl (C=O) groups excluding carboxylic acids is 2. The van der Waals surface area contributed by atoms with Crippen LogP contribution in [0.4, 0.5) is 4.39 Å². The number of likely N-dealkylation sites (tertiary alicyclic amines) is 1. The number of pyridine rings is 1. The number of rotatable bonds is 2. The number of hydrogen-bond donors (Lipinski definition) is 1. The molecule has 0 unspecified atom stereocenters. The fraction of sp³-hybridized carbons (Fsp3) is 0.190. The Bertz CT molecular complexity index is 957. The van der Waals surface area contributed by atoms with Crippen molar-refractivity contribution in [2.24, 2.45) is 11.7 Å². The van der Waals surface area contributed by atoms with E-state index in [0.717, 1.165) is 12.5 Å². The lowest BCUT2D eigenvalue weighted by Gasteiger charge is -2.05. The fourth-order valence-electron chi connectivity index (χ4n) is 2.66. The number of hydrogen-bond acceptors (Lipinski definition) is 3. The van der Waals surface area contributed by atoms with E-state index in [4.69, 9.17) is 5.73 Å². The van der Waals surface area contributed by atoms with Gasteiger partial charge in [-0.25, -0.2) is 9.37 Å². The van der Waals surface area contributed by atoms with Gasteiger partial charge in [0.2, 0.25) is 5.91 Å². The Morgan fingerprint density at radius 3 is 2.70 bits per heavy atom. The summed E-state index contributed by atoms with van der Waals surface area (Å²) in [6.07, 6.45) is 8.73. The Morgan fingerprint density at radius 2 is 2.07 bits per heavy atom. The molecule has 1 saturated heterocycles. The van der Waals surface area contributed by atoms with Gasteiger partial charge in [-0.2, -0.15) is 0 Å². The summed E-state index contributed by atoms with van der Waals surface area (Å²) in [7, 11) is 1.77. The van der Waals surface area contributed by atoms with Gasteiger partial charge in [0.25, 0.3) is 5.91 Å². The Morgan fingerprint density at radius 1 is 1.33 bits per heavy atom. The van der Waals surface area contributed by atoms with Crippen molar-refractivity contribution in [2.45, 2.75) is 6.42 Å². The summed E-state index contributed by atoms with van der Waals surface area (Å²) in [6, 6.07) is 9.80. The molecular weight excluding hydrogens is 345 g/mol. The van der Waals surface area contributed by atoms with E-state index in [1.807, 2.05) is 6.07 Å². The van der Waals surface area contributed by atoms with E-state index in [2.05, 4.69) is 29.7 Å². The zero-order chi connectivity index (χ0) is 20.0. The summed E-state index contributed by atoms with van der Waals surface area (Å²) >= 11 is 0. The molecule has 5 nitrogen and oxygen atoms in total. The van der Waals surface area contributed by atoms with Crippen LogP contribution in [0.5, 0.6) is 0 Å². The zero-order valence-corrected chi connectivity index (χ0v) is 14.8. The molecule has 0 bridgehead atoms. The minimum atomic E-state index is -0.917. The molecule has 1 fully saturated rings. The van der Waals surface area contributed by atoms with E-state index in [1.165, 1.54) is 6.07 Å². The molecule has 0 aliphatic carbocycles. The molecule has 2 heterocycles. The molecule has 3 rings (SSSR count). The Labute approximate surface area is 157 Å². The summed E-state index contributed by atoms with van der Waals surface area (Å²) in [5.41, 5.74) is 6.56. The van der Waals surface area contributed by atoms with Crippen LogP contribution in [0.3, 0.4) is 0 Å². The van der Waals surface area contributed by atoms with Gasteiger partial charge in [-0.05, 0) is 30.7 Å². The zero-order valence-electron chi connectivity index (χ0n) is 14.8. The monoisotopic (exact) mass is 363 g/mol. The van der Waals surface area contributed by atoms with E-state index in [9.17, 15) is 14.0 Å². The third kappa shape index (κ3) is 4.50. The van der Waals surface area contributed by atoms with Crippen molar-refractivity contribution in [1.82, 2.24) is 9.88 Å². The number of terminal acetylenes is 1. The molecule has 6 heteroatoms. The molecule has 0 spiro atoms. The van der Waals surface area contributed by atoms with Crippen molar-refractivity contribution in [3.8, 4) is 35.9 Å². The smallest absolute Gasteiger partial charge is 0.270 e. The molecule has 1 atom stereocenters. The van der Waals surface area contributed by atoms with E-state index in [0.29, 0.717) is 23.4 Å². The molecule has 27 heavy (non-hydrogen) atoms. The first-order valence-corrected chi connectivity index (χ1v) is 8.12. The van der Waals surface area contributed by atoms with Crippen LogP contribution in [0, 0.1) is 36.4 Å². The van der Waals surface area contributed by atoms with Crippen LogP contribution < -0.4 is 5.73 Å². The number of halogens is 1. The van der Waals surface area contributed by atoms with Crippen LogP contribution in [0.15, 0.2) is 36.4 Å². The van der Waals surface area contributed by atoms with E-state index < -0.39 is 17.4 Å². The molecule has 2 N–H and O–H groups in total. The van der Waals surface area contributed by atoms with Crippen molar-refractivity contribution >= 4 is 11.8 Å². The lowest BCUT2D eigenvalue weighted by Crippen LogP contribution is -2.21. The highest BCUT2D eigenvalue weighted by atomic mass is 19.1. The number of nitrogens with two attached hydrogens (primary N) is 1. The molecular formula is C21H18FN3O2. The predicted molar refractivity (Wildman–Crippen MR) is 101 cm³/mol. The number of primary amides is 1. The van der Waals surface area contributed by atoms with Crippen molar-refractivity contribution < 1.29 is 14.0 Å². The normalized spacial score (nSPS) is 15.3. The predicted octanol–water partition coefficient (Wildman–Crippen LogP) is 2.07. The maximum absolute atomic E-state index is 13.6. The summed E-state index contributed by atoms with van der Waals surface area (Å²) in [5, 5.41) is 0. The average molecular weight is 363 g/mol. The SMILES string of the molecule is C#C.CN1CC[C@@H](C#Cc2cccc(-c3ccc(F)c(C(N)=O)n3)c2)C1=O. The van der Waals surface area contributed by atoms with E-state index in [-0.39, 0.29) is 11.8 Å². The molecule has 1 aliphatic heterocycles. The van der Waals surface area contributed by atoms with Gasteiger partial charge in [0.05, 0.1) is 5.69 Å². The van der Waals surface area contributed by atoms with E-state index >= 15 is 0 Å². The van der Waals surface area contributed by atoms with Crippen molar-refractivity contribution in [3.05, 3.63) is 53.5 Å². The lowest BCUT2D eigenvalue weighted by molar-refractivity contribution is -0.128. The van der Waals surface area contributed by atoms with Gasteiger partial charge < -0.3 is 10.6 Å². The van der Waals surface area contributed by atoms with Crippen LogP contribution in [-0.4, -0.2) is 35.3 Å². The molecule has 2 amide bonds. The maximum atomic E-state index is 13.6. The van der Waals surface area contributed by atoms with Gasteiger partial charge in [-0.15, -0.1) is 12.8 Å². The second kappa shape index (κ2) is 8.64. The Kier molecular flexibility index (Phi) is 6.30. The quantitative estimate of drug-likeness (QED) is 0.830. The molecule has 1 aliphatic rings. The van der Waals surface area contributed by atoms with Gasteiger partial charge in [-0.1, -0.05) is 24.0 Å². The molecule has 0 radical (unpaired) electrons. The van der Waals surface area contributed by atoms with Crippen LogP contribution in [0.2, 0.25) is 0 Å². The van der Waals surface area contributed by atoms with Crippen LogP contribution in [-0.2, 0) is 4.79 Å². The third-order valence-electron chi connectivity index (χ3n) is 4.06. The van der Waals surface area contributed by atoms with Crippen LogP contribution in [0.25, 0.3) is 11.3 Å². The highest BCUT2D eigenvalue weighted by Crippen LogP contribution is 2.20. The Balaban J connectivity index is 0.00000126. The average Bonchev–Trinajstić information content (AvgIpc) is 3.00. The van der Waals surface area contributed by atoms with Gasteiger partial charge in [0.15, 0.2) is 11.5 Å². The maximum Gasteiger partial charge on any atom is 0.270 e. The molecule has 1 aromatic heterocycles. The first-order valence-electron chi connectivity index (χ1n) is 8.12. The molecule has 1 aromatic carbocycles. The number of nitrogens with zero attached hydrogens (tertiary/aromatic N) is 2. The third-order valence-corrected chi connectivity index (χ3v) is 4.06. The summed E-state index contributed by atoms with van der Waals surface area (Å²) in [6.45, 7) is 0.716. The van der Waals surface area contributed by atoms with Crippen LogP contribution >= 0.6 is 0 Å². The number of aromatic nitrogens is 1. The Hall–Kier alpha value is -3.64. The standard InChI is InChI=1S/C19H16FN3O2.C2H2/c1-23-10-9-13(19(23)25)6-5-12-3-2-4-14(11-12)16-8-7-15(20)17(22-16)18(21)24;1-2/h2-4,7-8,11,13H,9-10H2,1H3,(H2,21,24);1-2H/t13-;/m1./s1. The van der Waals surface area contributed by atoms with Gasteiger partial charge in [-0.3, -0.25) is 9.59 Å². The fourth-order valence-corrected chi connectivity index (χ4v) is 2.66. The molecule has 2 aromatic rings. The number of amides is 2. The van der Waals surface area contributed by atoms with Crippen molar-refractivity contribution in [1.29, 1.82) is 0 Å². The second-order valence-corrected chi connectivity index (χ2v) is 5.84. The summed E-state index contributed by atoms with van der Waals surface area (Å²) in [5.74, 6) is 4.09. The van der Waals surface area contributed by atoms with Crippen molar-refractivity contribution in [3.63, 3.8) is 0 Å². The number of benzene rings is 1. The van der Waals surface area contributed by atoms with E-state index in [1.54, 1.807) is 30.1 Å². The number of carbonyl (C=O) groups is 2. The molecule has 136 valence electrons. The first kappa shape index (κ1) is 19.7. The van der Waals surface area contributed by atoms with Crippen LogP contribution in [0.1, 0.15) is 22.5 Å². The second-order valence-electron chi connectivity index (χ2n) is 5.84.